The summed E-state index contributed by atoms with van der Waals surface area (Å²) in [5, 5.41) is 11.9. The molecule has 2 aromatic carbocycles. The van der Waals surface area contributed by atoms with E-state index in [-0.39, 0.29) is 5.82 Å². The average molecular weight is 420 g/mol. The molecule has 10 heteroatoms. The molecular formula is C18H18ClN5O3S. The fourth-order valence-corrected chi connectivity index (χ4v) is 3.28. The van der Waals surface area contributed by atoms with Crippen molar-refractivity contribution in [2.75, 3.05) is 25.4 Å². The Balaban J connectivity index is 1.76. The minimum Gasteiger partial charge on any atom is -0.493 e. The van der Waals surface area contributed by atoms with Crippen LogP contribution in [0.4, 0.5) is 11.5 Å². The minimum absolute atomic E-state index is 0.00515. The lowest BCUT2D eigenvalue weighted by Crippen LogP contribution is -2.32. The van der Waals surface area contributed by atoms with E-state index in [0.717, 1.165) is 10.2 Å². The molecule has 0 saturated carbocycles. The Labute approximate surface area is 170 Å². The van der Waals surface area contributed by atoms with Crippen LogP contribution in [0.2, 0.25) is 5.02 Å². The molecule has 0 atom stereocenters. The Kier molecular flexibility index (Phi) is 6.27. The van der Waals surface area contributed by atoms with E-state index in [9.17, 15) is 4.79 Å². The molecule has 0 radical (unpaired) electrons. The number of anilines is 2. The Morgan fingerprint density at radius 3 is 2.50 bits per heavy atom. The first-order valence-electron chi connectivity index (χ1n) is 8.13. The number of rotatable bonds is 7. The molecule has 3 rings (SSSR count). The molecule has 0 fully saturated rings. The number of nitrogens with zero attached hydrogens (tertiary/aromatic N) is 3. The maximum absolute atomic E-state index is 12.5. The van der Waals surface area contributed by atoms with Crippen LogP contribution in [-0.2, 0) is 5.75 Å². The number of nitrogens with one attached hydrogen (secondary N) is 1. The normalized spacial score (nSPS) is 10.5. The van der Waals surface area contributed by atoms with Gasteiger partial charge in [0.2, 0.25) is 11.0 Å². The number of hydrogen-bond acceptors (Lipinski definition) is 8. The third kappa shape index (κ3) is 4.49. The van der Waals surface area contributed by atoms with E-state index in [1.54, 1.807) is 37.4 Å². The van der Waals surface area contributed by atoms with E-state index >= 15 is 0 Å². The van der Waals surface area contributed by atoms with Gasteiger partial charge in [0.05, 0.1) is 14.2 Å². The van der Waals surface area contributed by atoms with Crippen molar-refractivity contribution >= 4 is 34.9 Å². The standard InChI is InChI=1S/C18H18ClN5O3S/c1-26-14-8-7-13(9-15(14)27-2)21-16-17(25)24(20)18(23-22-16)28-10-11-3-5-12(19)6-4-11/h3-9H,10,20H2,1-2H3,(H,21,22). The van der Waals surface area contributed by atoms with Crippen LogP contribution in [-0.4, -0.2) is 29.1 Å². The van der Waals surface area contributed by atoms with Gasteiger partial charge in [-0.05, 0) is 29.8 Å². The molecule has 146 valence electrons. The second kappa shape index (κ2) is 8.85. The number of nitrogens with two attached hydrogens (primary N) is 1. The predicted molar refractivity (Wildman–Crippen MR) is 110 cm³/mol. The largest absolute Gasteiger partial charge is 0.493 e. The zero-order valence-electron chi connectivity index (χ0n) is 15.2. The van der Waals surface area contributed by atoms with Crippen LogP contribution < -0.4 is 26.2 Å². The highest BCUT2D eigenvalue weighted by atomic mass is 35.5. The van der Waals surface area contributed by atoms with Gasteiger partial charge in [0.25, 0.3) is 0 Å². The van der Waals surface area contributed by atoms with Crippen LogP contribution in [0.3, 0.4) is 0 Å². The number of nitrogen functional groups attached to an aromatic ring is 1. The van der Waals surface area contributed by atoms with E-state index in [1.807, 2.05) is 12.1 Å². The van der Waals surface area contributed by atoms with E-state index in [0.29, 0.717) is 33.1 Å². The summed E-state index contributed by atoms with van der Waals surface area (Å²) in [6.45, 7) is 0. The van der Waals surface area contributed by atoms with E-state index in [1.165, 1.54) is 18.9 Å². The van der Waals surface area contributed by atoms with E-state index in [4.69, 9.17) is 26.9 Å². The molecular weight excluding hydrogens is 402 g/mol. The van der Waals surface area contributed by atoms with Crippen LogP contribution in [0.25, 0.3) is 0 Å². The quantitative estimate of drug-likeness (QED) is 0.444. The van der Waals surface area contributed by atoms with Crippen molar-refractivity contribution in [3.63, 3.8) is 0 Å². The lowest BCUT2D eigenvalue weighted by Gasteiger charge is -2.11. The first kappa shape index (κ1) is 19.8. The third-order valence-electron chi connectivity index (χ3n) is 3.79. The molecule has 0 spiro atoms. The molecule has 0 saturated heterocycles. The number of aromatic nitrogens is 3. The Hall–Kier alpha value is -2.91. The van der Waals surface area contributed by atoms with Crippen LogP contribution in [0.5, 0.6) is 11.5 Å². The summed E-state index contributed by atoms with van der Waals surface area (Å²) in [7, 11) is 3.07. The Bertz CT molecular complexity index is 1030. The van der Waals surface area contributed by atoms with Gasteiger partial charge in [0.15, 0.2) is 11.5 Å². The summed E-state index contributed by atoms with van der Waals surface area (Å²) >= 11 is 7.18. The fourth-order valence-electron chi connectivity index (χ4n) is 2.34. The zero-order chi connectivity index (χ0) is 20.1. The number of halogens is 1. The summed E-state index contributed by atoms with van der Waals surface area (Å²) in [5.41, 5.74) is 1.12. The van der Waals surface area contributed by atoms with Crippen molar-refractivity contribution in [2.45, 2.75) is 10.9 Å². The second-order valence-corrected chi connectivity index (χ2v) is 7.00. The van der Waals surface area contributed by atoms with Crippen molar-refractivity contribution in [1.82, 2.24) is 14.9 Å². The van der Waals surface area contributed by atoms with Crippen molar-refractivity contribution in [2.24, 2.45) is 0 Å². The number of thioether (sulfide) groups is 1. The number of hydrogen-bond donors (Lipinski definition) is 2. The molecule has 0 aliphatic heterocycles. The Morgan fingerprint density at radius 1 is 1.11 bits per heavy atom. The number of methoxy groups -OCH3 is 2. The van der Waals surface area contributed by atoms with Crippen LogP contribution >= 0.6 is 23.4 Å². The van der Waals surface area contributed by atoms with Gasteiger partial charge in [0, 0.05) is 22.5 Å². The highest BCUT2D eigenvalue weighted by Crippen LogP contribution is 2.30. The SMILES string of the molecule is COc1ccc(Nc2nnc(SCc3ccc(Cl)cc3)n(N)c2=O)cc1OC. The molecule has 3 N–H and O–H groups in total. The van der Waals surface area contributed by atoms with Crippen molar-refractivity contribution in [1.29, 1.82) is 0 Å². The molecule has 0 bridgehead atoms. The van der Waals surface area contributed by atoms with Gasteiger partial charge in [-0.2, -0.15) is 4.68 Å². The molecule has 3 aromatic rings. The lowest BCUT2D eigenvalue weighted by molar-refractivity contribution is 0.355. The van der Waals surface area contributed by atoms with Crippen molar-refractivity contribution < 1.29 is 9.47 Å². The highest BCUT2D eigenvalue weighted by Gasteiger charge is 2.12. The third-order valence-corrected chi connectivity index (χ3v) is 5.06. The lowest BCUT2D eigenvalue weighted by atomic mass is 10.2. The first-order chi connectivity index (χ1) is 13.5. The molecule has 0 unspecified atom stereocenters. The number of ether oxygens (including phenoxy) is 2. The van der Waals surface area contributed by atoms with Gasteiger partial charge in [-0.25, -0.2) is 0 Å². The molecule has 0 aliphatic carbocycles. The predicted octanol–water partition coefficient (Wildman–Crippen LogP) is 3.06. The molecule has 28 heavy (non-hydrogen) atoms. The molecule has 1 heterocycles. The molecule has 1 aromatic heterocycles. The van der Waals surface area contributed by atoms with Crippen LogP contribution in [0.15, 0.2) is 52.4 Å². The summed E-state index contributed by atoms with van der Waals surface area (Å²) in [6.07, 6.45) is 0. The van der Waals surface area contributed by atoms with E-state index < -0.39 is 5.56 Å². The van der Waals surface area contributed by atoms with Gasteiger partial charge < -0.3 is 20.6 Å². The summed E-state index contributed by atoms with van der Waals surface area (Å²) in [4.78, 5) is 12.5. The monoisotopic (exact) mass is 419 g/mol. The minimum atomic E-state index is -0.497. The van der Waals surface area contributed by atoms with Gasteiger partial charge in [-0.3, -0.25) is 4.79 Å². The van der Waals surface area contributed by atoms with Gasteiger partial charge in [-0.1, -0.05) is 35.5 Å². The fraction of sp³-hybridized carbons (Fsp3) is 0.167. The Morgan fingerprint density at radius 2 is 1.82 bits per heavy atom. The van der Waals surface area contributed by atoms with Gasteiger partial charge in [-0.15, -0.1) is 10.2 Å². The van der Waals surface area contributed by atoms with Crippen LogP contribution in [0.1, 0.15) is 5.56 Å². The zero-order valence-corrected chi connectivity index (χ0v) is 16.8. The van der Waals surface area contributed by atoms with Gasteiger partial charge >= 0.3 is 5.56 Å². The summed E-state index contributed by atoms with van der Waals surface area (Å²) in [5.74, 6) is 7.57. The smallest absolute Gasteiger partial charge is 0.315 e. The van der Waals surface area contributed by atoms with E-state index in [2.05, 4.69) is 15.5 Å². The first-order valence-corrected chi connectivity index (χ1v) is 9.49. The summed E-state index contributed by atoms with van der Waals surface area (Å²) in [6, 6.07) is 12.5. The maximum atomic E-state index is 12.5. The average Bonchev–Trinajstić information content (AvgIpc) is 2.72. The molecule has 0 aliphatic rings. The van der Waals surface area contributed by atoms with Crippen molar-refractivity contribution in [3.8, 4) is 11.5 Å². The summed E-state index contributed by atoms with van der Waals surface area (Å²) < 4.78 is 11.4. The molecule has 0 amide bonds. The molecule has 8 nitrogen and oxygen atoms in total. The van der Waals surface area contributed by atoms with Gasteiger partial charge in [0.1, 0.15) is 0 Å². The van der Waals surface area contributed by atoms with Crippen LogP contribution in [0, 0.1) is 0 Å². The highest BCUT2D eigenvalue weighted by molar-refractivity contribution is 7.98. The topological polar surface area (TPSA) is 104 Å². The number of benzene rings is 2. The van der Waals surface area contributed by atoms with Crippen molar-refractivity contribution in [3.05, 3.63) is 63.4 Å². The maximum Gasteiger partial charge on any atom is 0.315 e. The second-order valence-electron chi connectivity index (χ2n) is 5.62.